The van der Waals surface area contributed by atoms with E-state index in [2.05, 4.69) is 11.9 Å². The van der Waals surface area contributed by atoms with E-state index < -0.39 is 0 Å². The van der Waals surface area contributed by atoms with Gasteiger partial charge in [-0.2, -0.15) is 0 Å². The van der Waals surface area contributed by atoms with Crippen molar-refractivity contribution in [3.8, 4) is 10.6 Å². The fourth-order valence-corrected chi connectivity index (χ4v) is 4.01. The molecule has 0 unspecified atom stereocenters. The molecule has 4 nitrogen and oxygen atoms in total. The topological polar surface area (TPSA) is 42.4 Å². The van der Waals surface area contributed by atoms with Crippen molar-refractivity contribution in [1.29, 1.82) is 0 Å². The molecule has 128 valence electrons. The lowest BCUT2D eigenvalue weighted by atomic mass is 9.96. The molecule has 2 atom stereocenters. The molecular formula is C19H24N2O2S. The van der Waals surface area contributed by atoms with Gasteiger partial charge in [-0.3, -0.25) is 4.79 Å². The summed E-state index contributed by atoms with van der Waals surface area (Å²) in [6.45, 7) is 6.49. The van der Waals surface area contributed by atoms with Crippen LogP contribution in [-0.2, 0) is 16.0 Å². The first-order valence-corrected chi connectivity index (χ1v) is 9.44. The lowest BCUT2D eigenvalue weighted by molar-refractivity contribution is -0.135. The van der Waals surface area contributed by atoms with E-state index in [4.69, 9.17) is 4.74 Å². The summed E-state index contributed by atoms with van der Waals surface area (Å²) in [5.41, 5.74) is 1.97. The summed E-state index contributed by atoms with van der Waals surface area (Å²) < 4.78 is 5.75. The van der Waals surface area contributed by atoms with Crippen molar-refractivity contribution < 1.29 is 9.53 Å². The predicted octanol–water partition coefficient (Wildman–Crippen LogP) is 3.63. The second kappa shape index (κ2) is 7.90. The SMILES string of the molecule is CCO[C@H]1CCN(C(=O)Cc2csc(-c3ccccc3)n2)C[C@@H]1C. The van der Waals surface area contributed by atoms with Gasteiger partial charge in [0.1, 0.15) is 5.01 Å². The Hall–Kier alpha value is -1.72. The van der Waals surface area contributed by atoms with Gasteiger partial charge >= 0.3 is 0 Å². The van der Waals surface area contributed by atoms with Crippen molar-refractivity contribution in [3.05, 3.63) is 41.4 Å². The quantitative estimate of drug-likeness (QED) is 0.832. The normalized spacial score (nSPS) is 21.0. The van der Waals surface area contributed by atoms with Crippen LogP contribution in [0, 0.1) is 5.92 Å². The van der Waals surface area contributed by atoms with Crippen LogP contribution in [0.3, 0.4) is 0 Å². The van der Waals surface area contributed by atoms with Crippen molar-refractivity contribution in [2.24, 2.45) is 5.92 Å². The molecule has 2 aromatic rings. The monoisotopic (exact) mass is 344 g/mol. The molecule has 1 aromatic heterocycles. The first kappa shape index (κ1) is 17.1. The molecule has 1 aliphatic rings. The first-order valence-electron chi connectivity index (χ1n) is 8.56. The van der Waals surface area contributed by atoms with Crippen LogP contribution in [0.5, 0.6) is 0 Å². The number of nitrogens with zero attached hydrogens (tertiary/aromatic N) is 2. The largest absolute Gasteiger partial charge is 0.378 e. The number of rotatable bonds is 5. The highest BCUT2D eigenvalue weighted by Gasteiger charge is 2.29. The summed E-state index contributed by atoms with van der Waals surface area (Å²) in [7, 11) is 0. The molecule has 0 aliphatic carbocycles. The molecule has 1 fully saturated rings. The van der Waals surface area contributed by atoms with Gasteiger partial charge in [0, 0.05) is 30.6 Å². The van der Waals surface area contributed by atoms with Crippen LogP contribution in [-0.4, -0.2) is 41.6 Å². The number of aromatic nitrogens is 1. The summed E-state index contributed by atoms with van der Waals surface area (Å²) in [4.78, 5) is 19.2. The second-order valence-corrected chi connectivity index (χ2v) is 7.14. The van der Waals surface area contributed by atoms with Crippen molar-refractivity contribution in [2.45, 2.75) is 32.8 Å². The van der Waals surface area contributed by atoms with Crippen LogP contribution in [0.15, 0.2) is 35.7 Å². The van der Waals surface area contributed by atoms with Crippen LogP contribution in [0.4, 0.5) is 0 Å². The van der Waals surface area contributed by atoms with Gasteiger partial charge < -0.3 is 9.64 Å². The molecule has 24 heavy (non-hydrogen) atoms. The highest BCUT2D eigenvalue weighted by molar-refractivity contribution is 7.13. The first-order chi connectivity index (χ1) is 11.7. The molecule has 1 aromatic carbocycles. The Morgan fingerprint density at radius 1 is 1.38 bits per heavy atom. The van der Waals surface area contributed by atoms with Crippen LogP contribution in [0.2, 0.25) is 0 Å². The molecule has 0 spiro atoms. The minimum atomic E-state index is 0.168. The van der Waals surface area contributed by atoms with E-state index in [0.29, 0.717) is 12.3 Å². The third-order valence-corrected chi connectivity index (χ3v) is 5.41. The molecule has 1 amide bonds. The van der Waals surface area contributed by atoms with Gasteiger partial charge in [-0.1, -0.05) is 37.3 Å². The fraction of sp³-hybridized carbons (Fsp3) is 0.474. The molecule has 0 N–H and O–H groups in total. The maximum atomic E-state index is 12.6. The zero-order valence-corrected chi connectivity index (χ0v) is 15.1. The minimum Gasteiger partial charge on any atom is -0.378 e. The second-order valence-electron chi connectivity index (χ2n) is 6.29. The number of hydrogen-bond acceptors (Lipinski definition) is 4. The lowest BCUT2D eigenvalue weighted by Gasteiger charge is -2.36. The van der Waals surface area contributed by atoms with Gasteiger partial charge in [0.2, 0.25) is 5.91 Å². The van der Waals surface area contributed by atoms with E-state index in [1.807, 2.05) is 47.5 Å². The van der Waals surface area contributed by atoms with Crippen molar-refractivity contribution >= 4 is 17.2 Å². The van der Waals surface area contributed by atoms with Gasteiger partial charge in [-0.05, 0) is 19.3 Å². The van der Waals surface area contributed by atoms with E-state index in [-0.39, 0.29) is 12.0 Å². The maximum Gasteiger partial charge on any atom is 0.228 e. The van der Waals surface area contributed by atoms with Gasteiger partial charge in [-0.25, -0.2) is 4.98 Å². The van der Waals surface area contributed by atoms with Crippen molar-refractivity contribution in [3.63, 3.8) is 0 Å². The van der Waals surface area contributed by atoms with Crippen LogP contribution < -0.4 is 0 Å². The third-order valence-electron chi connectivity index (χ3n) is 4.46. The summed E-state index contributed by atoms with van der Waals surface area (Å²) in [5.74, 6) is 0.555. The van der Waals surface area contributed by atoms with E-state index in [0.717, 1.165) is 42.4 Å². The highest BCUT2D eigenvalue weighted by atomic mass is 32.1. The molecule has 3 rings (SSSR count). The zero-order chi connectivity index (χ0) is 16.9. The van der Waals surface area contributed by atoms with Crippen LogP contribution in [0.1, 0.15) is 26.0 Å². The van der Waals surface area contributed by atoms with Gasteiger partial charge in [0.25, 0.3) is 0 Å². The number of carbonyl (C=O) groups excluding carboxylic acids is 1. The summed E-state index contributed by atoms with van der Waals surface area (Å²) in [6, 6.07) is 10.1. The average Bonchev–Trinajstić information content (AvgIpc) is 3.06. The van der Waals surface area contributed by atoms with Crippen LogP contribution >= 0.6 is 11.3 Å². The Labute approximate surface area is 147 Å². The van der Waals surface area contributed by atoms with E-state index in [1.54, 1.807) is 11.3 Å². The maximum absolute atomic E-state index is 12.6. The molecule has 0 bridgehead atoms. The number of ether oxygens (including phenoxy) is 1. The van der Waals surface area contributed by atoms with Gasteiger partial charge in [0.05, 0.1) is 18.2 Å². The highest BCUT2D eigenvalue weighted by Crippen LogP contribution is 2.24. The summed E-state index contributed by atoms with van der Waals surface area (Å²) in [5, 5.41) is 2.97. The number of thiazole rings is 1. The Kier molecular flexibility index (Phi) is 5.63. The molecule has 0 saturated carbocycles. The lowest BCUT2D eigenvalue weighted by Crippen LogP contribution is -2.46. The standard InChI is InChI=1S/C19H24N2O2S/c1-3-23-17-9-10-21(12-14(17)2)18(22)11-16-13-24-19(20-16)15-7-5-4-6-8-15/h4-8,13-14,17H,3,9-12H2,1-2H3/t14-,17-/m0/s1. The van der Waals surface area contributed by atoms with E-state index in [1.165, 1.54) is 0 Å². The molecule has 0 radical (unpaired) electrons. The molecule has 2 heterocycles. The molecule has 5 heteroatoms. The molecule has 1 aliphatic heterocycles. The zero-order valence-electron chi connectivity index (χ0n) is 14.3. The Morgan fingerprint density at radius 3 is 2.88 bits per heavy atom. The molecule has 1 saturated heterocycles. The van der Waals surface area contributed by atoms with Gasteiger partial charge in [-0.15, -0.1) is 11.3 Å². The summed E-state index contributed by atoms with van der Waals surface area (Å²) in [6.07, 6.45) is 1.59. The third kappa shape index (κ3) is 4.02. The smallest absolute Gasteiger partial charge is 0.228 e. The average molecular weight is 344 g/mol. The minimum absolute atomic E-state index is 0.168. The number of likely N-dealkylation sites (tertiary alicyclic amines) is 1. The summed E-state index contributed by atoms with van der Waals surface area (Å²) >= 11 is 1.60. The van der Waals surface area contributed by atoms with Crippen molar-refractivity contribution in [2.75, 3.05) is 19.7 Å². The number of hydrogen-bond donors (Lipinski definition) is 0. The Morgan fingerprint density at radius 2 is 2.17 bits per heavy atom. The molecular weight excluding hydrogens is 320 g/mol. The van der Waals surface area contributed by atoms with E-state index >= 15 is 0 Å². The Balaban J connectivity index is 1.59. The van der Waals surface area contributed by atoms with Crippen LogP contribution in [0.25, 0.3) is 10.6 Å². The van der Waals surface area contributed by atoms with Gasteiger partial charge in [0.15, 0.2) is 0 Å². The van der Waals surface area contributed by atoms with E-state index in [9.17, 15) is 4.79 Å². The number of carbonyl (C=O) groups is 1. The fourth-order valence-electron chi connectivity index (χ4n) is 3.18. The Bertz CT molecular complexity index is 671. The number of amides is 1. The predicted molar refractivity (Wildman–Crippen MR) is 97.0 cm³/mol. The number of benzene rings is 1. The van der Waals surface area contributed by atoms with Crippen molar-refractivity contribution in [1.82, 2.24) is 9.88 Å². The number of piperidine rings is 1.